The first-order chi connectivity index (χ1) is 49.6. The lowest BCUT2D eigenvalue weighted by atomic mass is 9.97. The lowest BCUT2D eigenvalue weighted by molar-refractivity contribution is -0.359. The van der Waals surface area contributed by atoms with Crippen molar-refractivity contribution in [3.05, 3.63) is 97.2 Å². The van der Waals surface area contributed by atoms with Gasteiger partial charge in [0.05, 0.1) is 32.0 Å². The number of aliphatic hydroxyl groups is 8. The zero-order valence-electron chi connectivity index (χ0n) is 64.4. The van der Waals surface area contributed by atoms with Gasteiger partial charge in [-0.3, -0.25) is 4.79 Å². The molecular formula is C87H155NO13. The molecule has 0 aromatic carbocycles. The van der Waals surface area contributed by atoms with E-state index in [1.54, 1.807) is 6.08 Å². The summed E-state index contributed by atoms with van der Waals surface area (Å²) in [6.45, 7) is 2.71. The smallest absolute Gasteiger partial charge is 0.220 e. The quantitative estimate of drug-likeness (QED) is 0.0204. The molecule has 1 amide bonds. The zero-order valence-corrected chi connectivity index (χ0v) is 64.4. The molecule has 586 valence electrons. The van der Waals surface area contributed by atoms with Gasteiger partial charge in [0.1, 0.15) is 48.8 Å². The van der Waals surface area contributed by atoms with Gasteiger partial charge in [-0.05, 0) is 83.5 Å². The van der Waals surface area contributed by atoms with E-state index in [1.807, 2.05) is 6.08 Å². The topological polar surface area (TPSA) is 228 Å². The largest absolute Gasteiger partial charge is 0.394 e. The van der Waals surface area contributed by atoms with Crippen LogP contribution < -0.4 is 5.32 Å². The van der Waals surface area contributed by atoms with Crippen LogP contribution in [-0.2, 0) is 23.7 Å². The van der Waals surface area contributed by atoms with Crippen molar-refractivity contribution in [2.24, 2.45) is 0 Å². The lowest BCUT2D eigenvalue weighted by Gasteiger charge is -2.46. The van der Waals surface area contributed by atoms with E-state index in [1.165, 1.54) is 250 Å². The number of rotatable bonds is 70. The van der Waals surface area contributed by atoms with Gasteiger partial charge in [0, 0.05) is 6.42 Å². The summed E-state index contributed by atoms with van der Waals surface area (Å²) in [5.74, 6) is -0.244. The van der Waals surface area contributed by atoms with Gasteiger partial charge < -0.3 is 65.1 Å². The van der Waals surface area contributed by atoms with Crippen LogP contribution in [0, 0.1) is 0 Å². The van der Waals surface area contributed by atoms with Crippen molar-refractivity contribution < 1.29 is 64.6 Å². The molecule has 14 nitrogen and oxygen atoms in total. The van der Waals surface area contributed by atoms with Gasteiger partial charge in [0.2, 0.25) is 5.91 Å². The molecule has 9 N–H and O–H groups in total. The van der Waals surface area contributed by atoms with Crippen LogP contribution in [0.5, 0.6) is 0 Å². The molecule has 0 aromatic rings. The Bertz CT molecular complexity index is 2070. The summed E-state index contributed by atoms with van der Waals surface area (Å²) in [6, 6.07) is -0.936. The second-order valence-corrected chi connectivity index (χ2v) is 29.2. The molecule has 0 radical (unpaired) electrons. The fraction of sp³-hybridized carbons (Fsp3) is 0.805. The number of amides is 1. The van der Waals surface area contributed by atoms with Crippen LogP contribution in [0.4, 0.5) is 0 Å². The Labute approximate surface area is 617 Å². The van der Waals surface area contributed by atoms with Crippen molar-refractivity contribution in [1.82, 2.24) is 5.32 Å². The van der Waals surface area contributed by atoms with Crippen molar-refractivity contribution in [2.45, 2.75) is 428 Å². The molecule has 2 rings (SSSR count). The number of aliphatic hydroxyl groups excluding tert-OH is 8. The van der Waals surface area contributed by atoms with Crippen LogP contribution in [-0.4, -0.2) is 140 Å². The molecule has 12 unspecified atom stereocenters. The normalized spacial score (nSPS) is 22.2. The summed E-state index contributed by atoms with van der Waals surface area (Å²) < 4.78 is 22.9. The van der Waals surface area contributed by atoms with Crippen molar-refractivity contribution in [3.8, 4) is 0 Å². The highest BCUT2D eigenvalue weighted by molar-refractivity contribution is 5.76. The van der Waals surface area contributed by atoms with Gasteiger partial charge in [-0.2, -0.15) is 0 Å². The molecule has 0 saturated carbocycles. The van der Waals surface area contributed by atoms with Crippen molar-refractivity contribution in [1.29, 1.82) is 0 Å². The highest BCUT2D eigenvalue weighted by Crippen LogP contribution is 2.30. The van der Waals surface area contributed by atoms with Gasteiger partial charge in [0.15, 0.2) is 12.6 Å². The SMILES string of the molecule is CC/C=C\C/C=C\C/C=C\C/C=C\C/C=C\C/C=C\CCCCCCCCCCCCCCCCCCCCCCCCC(=O)NC(COC1OC(CO)C(OC2OC(CO)C(O)C(O)C2O)C(O)C1O)C(O)/C=C/CC/C=C/CCCCCCCCCCCCCCCCCCCCCC. The molecule has 0 aromatic heterocycles. The van der Waals surface area contributed by atoms with Gasteiger partial charge in [-0.1, -0.05) is 361 Å². The molecule has 14 heteroatoms. The summed E-state index contributed by atoms with van der Waals surface area (Å²) >= 11 is 0. The van der Waals surface area contributed by atoms with Crippen molar-refractivity contribution >= 4 is 5.91 Å². The van der Waals surface area contributed by atoms with E-state index >= 15 is 0 Å². The Balaban J connectivity index is 1.58. The molecule has 12 atom stereocenters. The lowest BCUT2D eigenvalue weighted by Crippen LogP contribution is -2.65. The van der Waals surface area contributed by atoms with Crippen LogP contribution in [0.1, 0.15) is 354 Å². The monoisotopic (exact) mass is 1420 g/mol. The van der Waals surface area contributed by atoms with E-state index in [4.69, 9.17) is 18.9 Å². The highest BCUT2D eigenvalue weighted by Gasteiger charge is 2.51. The predicted octanol–water partition coefficient (Wildman–Crippen LogP) is 19.6. The Kier molecular flexibility index (Phi) is 65.1. The highest BCUT2D eigenvalue weighted by atomic mass is 16.7. The number of hydrogen-bond acceptors (Lipinski definition) is 13. The number of allylic oxidation sites excluding steroid dienone is 15. The predicted molar refractivity (Wildman–Crippen MR) is 419 cm³/mol. The van der Waals surface area contributed by atoms with Crippen LogP contribution in [0.15, 0.2) is 97.2 Å². The van der Waals surface area contributed by atoms with Crippen LogP contribution >= 0.6 is 0 Å². The second kappa shape index (κ2) is 69.9. The first-order valence-electron chi connectivity index (χ1n) is 42.0. The maximum atomic E-state index is 13.4. The number of ether oxygens (including phenoxy) is 4. The second-order valence-electron chi connectivity index (χ2n) is 29.2. The van der Waals surface area contributed by atoms with E-state index in [0.717, 1.165) is 70.6 Å². The Morgan fingerprint density at radius 3 is 1.09 bits per heavy atom. The maximum absolute atomic E-state index is 13.4. The number of hydrogen-bond donors (Lipinski definition) is 9. The molecule has 101 heavy (non-hydrogen) atoms. The molecule has 0 spiro atoms. The fourth-order valence-corrected chi connectivity index (χ4v) is 13.4. The molecule has 2 aliphatic heterocycles. The Morgan fingerprint density at radius 1 is 0.366 bits per heavy atom. The molecule has 2 heterocycles. The van der Waals surface area contributed by atoms with Crippen LogP contribution in [0.25, 0.3) is 0 Å². The average Bonchev–Trinajstić information content (AvgIpc) is 0.792. The number of carbonyl (C=O) groups is 1. The maximum Gasteiger partial charge on any atom is 0.220 e. The van der Waals surface area contributed by atoms with E-state index in [2.05, 4.69) is 104 Å². The minimum atomic E-state index is -1.79. The molecule has 2 saturated heterocycles. The van der Waals surface area contributed by atoms with Crippen LogP contribution in [0.3, 0.4) is 0 Å². The van der Waals surface area contributed by atoms with Gasteiger partial charge in [-0.25, -0.2) is 0 Å². The van der Waals surface area contributed by atoms with E-state index in [9.17, 15) is 45.6 Å². The number of nitrogens with one attached hydrogen (secondary N) is 1. The standard InChI is InChI=1S/C87H155NO13/c1-3-5-7-9-11-13-15-17-19-21-23-25-27-29-31-32-33-34-35-36-37-38-39-40-41-42-43-44-45-47-49-51-53-55-57-59-61-63-65-67-69-71-79(92)88-75(74-98-86-84(97)82(95)85(78(73-90)100-86)101-87-83(96)81(94)80(93)77(72-89)99-87)76(91)70-68-66-64-62-60-58-56-54-52-50-48-46-30-28-26-24-22-20-18-16-14-12-10-8-6-4-2/h5,7,11,13,17,19,23,25,29,31,33-34,60,62,68,70,75-78,80-87,89-91,93-97H,3-4,6,8-10,12,14-16,18,20-22,24,26-28,30,32,35-59,61,63-67,69,71-74H2,1-2H3,(H,88,92)/b7-5-,13-11-,19-17-,25-23-,31-29-,34-33-,62-60+,70-68+. The average molecular weight is 1420 g/mol. The third-order valence-electron chi connectivity index (χ3n) is 20.0. The summed E-state index contributed by atoms with van der Waals surface area (Å²) in [5, 5.41) is 87.7. The number of unbranched alkanes of at least 4 members (excludes halogenated alkanes) is 43. The minimum absolute atomic E-state index is 0.244. The van der Waals surface area contributed by atoms with E-state index < -0.39 is 86.8 Å². The minimum Gasteiger partial charge on any atom is -0.394 e. The Morgan fingerprint density at radius 2 is 0.693 bits per heavy atom. The first-order valence-corrected chi connectivity index (χ1v) is 42.0. The summed E-state index contributed by atoms with van der Waals surface area (Å²) in [7, 11) is 0. The number of carbonyl (C=O) groups excluding carboxylic acids is 1. The molecule has 2 aliphatic rings. The summed E-state index contributed by atoms with van der Waals surface area (Å²) in [6.07, 6.45) is 83.6. The molecular weight excluding hydrogens is 1270 g/mol. The summed E-state index contributed by atoms with van der Waals surface area (Å²) in [5.41, 5.74) is 0. The zero-order chi connectivity index (χ0) is 73.0. The van der Waals surface area contributed by atoms with Crippen LogP contribution in [0.2, 0.25) is 0 Å². The molecule has 0 aliphatic carbocycles. The third-order valence-corrected chi connectivity index (χ3v) is 20.0. The van der Waals surface area contributed by atoms with Crippen molar-refractivity contribution in [3.63, 3.8) is 0 Å². The van der Waals surface area contributed by atoms with E-state index in [0.29, 0.717) is 12.8 Å². The van der Waals surface area contributed by atoms with Crippen molar-refractivity contribution in [2.75, 3.05) is 19.8 Å². The van der Waals surface area contributed by atoms with Gasteiger partial charge >= 0.3 is 0 Å². The van der Waals surface area contributed by atoms with E-state index in [-0.39, 0.29) is 18.9 Å². The third kappa shape index (κ3) is 52.5. The summed E-state index contributed by atoms with van der Waals surface area (Å²) in [4.78, 5) is 13.4. The van der Waals surface area contributed by atoms with Gasteiger partial charge in [0.25, 0.3) is 0 Å². The molecule has 0 bridgehead atoms. The Hall–Kier alpha value is -3.09. The first kappa shape index (κ1) is 94.0. The van der Waals surface area contributed by atoms with Gasteiger partial charge in [-0.15, -0.1) is 0 Å². The molecule has 2 fully saturated rings. The fourth-order valence-electron chi connectivity index (χ4n) is 13.4.